The van der Waals surface area contributed by atoms with E-state index in [0.29, 0.717) is 12.2 Å². The largest absolute Gasteiger partial charge is 0.545 e. The summed E-state index contributed by atoms with van der Waals surface area (Å²) < 4.78 is 4.16. The number of carboxylic acid groups (broad SMARTS) is 2. The van der Waals surface area contributed by atoms with Crippen molar-refractivity contribution >= 4 is 11.9 Å². The first-order chi connectivity index (χ1) is 7.45. The van der Waals surface area contributed by atoms with E-state index < -0.39 is 11.9 Å². The third-order valence-corrected chi connectivity index (χ3v) is 1.55. The number of rotatable bonds is 3. The van der Waals surface area contributed by atoms with Gasteiger partial charge in [0.1, 0.15) is 12.4 Å². The number of aryl methyl sites for hydroxylation is 2. The van der Waals surface area contributed by atoms with Gasteiger partial charge in [0.2, 0.25) is 6.33 Å². The van der Waals surface area contributed by atoms with Gasteiger partial charge < -0.3 is 15.0 Å². The van der Waals surface area contributed by atoms with Crippen LogP contribution in [0.3, 0.4) is 0 Å². The van der Waals surface area contributed by atoms with Gasteiger partial charge in [0.25, 0.3) is 0 Å². The van der Waals surface area contributed by atoms with E-state index in [2.05, 4.69) is 24.0 Å². The third kappa shape index (κ3) is 7.31. The summed E-state index contributed by atoms with van der Waals surface area (Å²) in [7, 11) is 2.02. The minimum absolute atomic E-state index is 0.447. The maximum atomic E-state index is 9.53. The highest BCUT2D eigenvalue weighted by molar-refractivity contribution is 5.88. The molecule has 1 N–H and O–H groups in total. The van der Waals surface area contributed by atoms with E-state index in [-0.39, 0.29) is 0 Å². The van der Waals surface area contributed by atoms with Crippen molar-refractivity contribution in [1.29, 1.82) is 0 Å². The Balaban J connectivity index is 0.000000281. The molecule has 1 aromatic rings. The average Bonchev–Trinajstić information content (AvgIpc) is 2.62. The monoisotopic (exact) mass is 226 g/mol. The predicted molar refractivity (Wildman–Crippen MR) is 53.1 cm³/mol. The first-order valence-corrected chi connectivity index (χ1v) is 4.58. The van der Waals surface area contributed by atoms with Crippen LogP contribution in [0, 0.1) is 0 Å². The molecule has 16 heavy (non-hydrogen) atoms. The molecular weight excluding hydrogens is 212 g/mol. The highest BCUT2D eigenvalue weighted by Crippen LogP contribution is 1.79. The molecule has 1 rings (SSSR count). The molecule has 88 valence electrons. The van der Waals surface area contributed by atoms with Gasteiger partial charge in [-0.25, -0.2) is 13.9 Å². The van der Waals surface area contributed by atoms with Crippen LogP contribution >= 0.6 is 0 Å². The molecule has 0 amide bonds. The Bertz CT molecular complexity index is 366. The van der Waals surface area contributed by atoms with E-state index in [1.807, 2.05) is 17.8 Å². The van der Waals surface area contributed by atoms with E-state index in [4.69, 9.17) is 5.11 Å². The lowest BCUT2D eigenvalue weighted by molar-refractivity contribution is -0.671. The molecule has 0 aromatic carbocycles. The lowest BCUT2D eigenvalue weighted by Gasteiger charge is -1.85. The Morgan fingerprint density at radius 1 is 1.50 bits per heavy atom. The summed E-state index contributed by atoms with van der Waals surface area (Å²) in [5.41, 5.74) is 0. The summed E-state index contributed by atoms with van der Waals surface area (Å²) in [6.45, 7) is 3.18. The Kier molecular flexibility index (Phi) is 6.27. The van der Waals surface area contributed by atoms with Crippen LogP contribution in [-0.2, 0) is 23.2 Å². The Morgan fingerprint density at radius 2 is 2.12 bits per heavy atom. The number of carbonyl (C=O) groups is 2. The fourth-order valence-corrected chi connectivity index (χ4v) is 0.828. The maximum Gasteiger partial charge on any atom is 0.328 e. The zero-order valence-corrected chi connectivity index (χ0v) is 9.16. The molecule has 0 fully saturated rings. The van der Waals surface area contributed by atoms with Crippen LogP contribution in [0.2, 0.25) is 0 Å². The standard InChI is InChI=1S/C6H11N2.C4H4O4/c1-3-8-5-4-7(2)6-8;5-3(6)1-2-4(7)8/h4-6H,3H2,1-2H3;1-2H,(H,5,6)(H,7,8)/q+1;/p-1/b;2-1-. The molecule has 0 spiro atoms. The van der Waals surface area contributed by atoms with Crippen molar-refractivity contribution in [3.63, 3.8) is 0 Å². The molecule has 1 aromatic heterocycles. The third-order valence-electron chi connectivity index (χ3n) is 1.55. The van der Waals surface area contributed by atoms with Gasteiger partial charge in [0.05, 0.1) is 19.6 Å². The summed E-state index contributed by atoms with van der Waals surface area (Å²) in [4.78, 5) is 19.0. The van der Waals surface area contributed by atoms with E-state index in [1.165, 1.54) is 0 Å². The lowest BCUT2D eigenvalue weighted by atomic mass is 10.5. The second-order valence-corrected chi connectivity index (χ2v) is 2.90. The maximum absolute atomic E-state index is 9.53. The summed E-state index contributed by atoms with van der Waals surface area (Å²) in [5, 5.41) is 17.2. The normalized spacial score (nSPS) is 9.62. The van der Waals surface area contributed by atoms with Crippen molar-refractivity contribution in [2.24, 2.45) is 7.05 Å². The van der Waals surface area contributed by atoms with E-state index in [9.17, 15) is 14.7 Å². The van der Waals surface area contributed by atoms with Crippen molar-refractivity contribution < 1.29 is 24.4 Å². The topological polar surface area (TPSA) is 86.2 Å². The molecule has 0 aliphatic carbocycles. The van der Waals surface area contributed by atoms with Gasteiger partial charge in [0, 0.05) is 6.08 Å². The summed E-state index contributed by atoms with van der Waals surface area (Å²) >= 11 is 0. The summed E-state index contributed by atoms with van der Waals surface area (Å²) in [6.07, 6.45) is 7.08. The first-order valence-electron chi connectivity index (χ1n) is 4.58. The van der Waals surface area contributed by atoms with Gasteiger partial charge in [0.15, 0.2) is 0 Å². The highest BCUT2D eigenvalue weighted by Gasteiger charge is 1.92. The van der Waals surface area contributed by atoms with Gasteiger partial charge in [-0.05, 0) is 13.0 Å². The molecule has 0 radical (unpaired) electrons. The summed E-state index contributed by atoms with van der Waals surface area (Å²) in [5.74, 6) is -2.80. The van der Waals surface area contributed by atoms with Crippen LogP contribution < -0.4 is 9.67 Å². The number of aliphatic carboxylic acids is 2. The van der Waals surface area contributed by atoms with Crippen LogP contribution in [0.5, 0.6) is 0 Å². The Labute approximate surface area is 93.1 Å². The summed E-state index contributed by atoms with van der Waals surface area (Å²) in [6, 6.07) is 0. The molecule has 0 aliphatic rings. The van der Waals surface area contributed by atoms with Crippen molar-refractivity contribution in [1.82, 2.24) is 4.57 Å². The second kappa shape index (κ2) is 7.22. The van der Waals surface area contributed by atoms with Gasteiger partial charge in [-0.2, -0.15) is 0 Å². The predicted octanol–water partition coefficient (Wildman–Crippen LogP) is -1.29. The molecule has 0 unspecified atom stereocenters. The molecule has 0 saturated carbocycles. The quantitative estimate of drug-likeness (QED) is 0.513. The molecule has 6 nitrogen and oxygen atoms in total. The lowest BCUT2D eigenvalue weighted by Crippen LogP contribution is -2.23. The number of imidazole rings is 1. The van der Waals surface area contributed by atoms with Gasteiger partial charge in [-0.15, -0.1) is 0 Å². The average molecular weight is 226 g/mol. The zero-order valence-electron chi connectivity index (χ0n) is 9.16. The highest BCUT2D eigenvalue weighted by atomic mass is 16.4. The fourth-order valence-electron chi connectivity index (χ4n) is 0.828. The minimum Gasteiger partial charge on any atom is -0.545 e. The van der Waals surface area contributed by atoms with Crippen LogP contribution in [-0.4, -0.2) is 21.6 Å². The van der Waals surface area contributed by atoms with Crippen LogP contribution in [0.4, 0.5) is 0 Å². The van der Waals surface area contributed by atoms with Crippen LogP contribution in [0.25, 0.3) is 0 Å². The van der Waals surface area contributed by atoms with Gasteiger partial charge >= 0.3 is 5.97 Å². The van der Waals surface area contributed by atoms with E-state index in [0.717, 1.165) is 6.54 Å². The van der Waals surface area contributed by atoms with Gasteiger partial charge in [-0.1, -0.05) is 0 Å². The number of hydrogen-bond donors (Lipinski definition) is 1. The molecule has 0 bridgehead atoms. The second-order valence-electron chi connectivity index (χ2n) is 2.90. The van der Waals surface area contributed by atoms with E-state index in [1.54, 1.807) is 0 Å². The van der Waals surface area contributed by atoms with E-state index >= 15 is 0 Å². The number of carbonyl (C=O) groups excluding carboxylic acids is 1. The molecule has 0 saturated heterocycles. The van der Waals surface area contributed by atoms with Crippen molar-refractivity contribution in [3.05, 3.63) is 30.9 Å². The Morgan fingerprint density at radius 3 is 2.31 bits per heavy atom. The van der Waals surface area contributed by atoms with Crippen molar-refractivity contribution in [2.75, 3.05) is 0 Å². The number of hydrogen-bond acceptors (Lipinski definition) is 3. The van der Waals surface area contributed by atoms with Crippen molar-refractivity contribution in [3.8, 4) is 0 Å². The van der Waals surface area contributed by atoms with Gasteiger partial charge in [-0.3, -0.25) is 0 Å². The number of aromatic nitrogens is 2. The smallest absolute Gasteiger partial charge is 0.328 e. The Hall–Kier alpha value is -2.11. The molecule has 0 atom stereocenters. The van der Waals surface area contributed by atoms with Crippen LogP contribution in [0.1, 0.15) is 6.92 Å². The first kappa shape index (κ1) is 13.9. The molecule has 6 heteroatoms. The molecule has 0 aliphatic heterocycles. The number of nitrogens with zero attached hydrogens (tertiary/aromatic N) is 2. The zero-order chi connectivity index (χ0) is 12.6. The molecular formula is C10H14N2O4. The SMILES string of the molecule is CCn1cc[n+](C)c1.O=C([O-])/C=C\C(=O)O. The minimum atomic E-state index is -1.51. The van der Waals surface area contributed by atoms with Crippen LogP contribution in [0.15, 0.2) is 30.9 Å². The molecule has 1 heterocycles. The fraction of sp³-hybridized carbons (Fsp3) is 0.300. The van der Waals surface area contributed by atoms with Crippen molar-refractivity contribution in [2.45, 2.75) is 13.5 Å². The number of carboxylic acids is 2.